The second-order valence-corrected chi connectivity index (χ2v) is 8.65. The number of carbonyl (C=O) groups excluding carboxylic acids is 1. The van der Waals surface area contributed by atoms with E-state index in [0.717, 1.165) is 17.0 Å². The number of benzene rings is 1. The number of nitrogens with one attached hydrogen (secondary N) is 1. The van der Waals surface area contributed by atoms with Gasteiger partial charge in [-0.3, -0.25) is 9.48 Å². The third-order valence-corrected chi connectivity index (χ3v) is 5.86. The van der Waals surface area contributed by atoms with E-state index in [0.29, 0.717) is 23.7 Å². The first-order chi connectivity index (χ1) is 17.3. The lowest BCUT2D eigenvalue weighted by molar-refractivity contribution is -0.116. The van der Waals surface area contributed by atoms with E-state index < -0.39 is 6.43 Å². The minimum absolute atomic E-state index is 0.191. The number of amides is 1. The van der Waals surface area contributed by atoms with E-state index in [-0.39, 0.29) is 34.7 Å². The Hall–Kier alpha value is -4.34. The highest BCUT2D eigenvalue weighted by atomic mass is 19.3. The molecule has 0 aliphatic carbocycles. The van der Waals surface area contributed by atoms with Crippen LogP contribution in [0.1, 0.15) is 34.6 Å². The molecule has 0 aliphatic rings. The van der Waals surface area contributed by atoms with Gasteiger partial charge in [-0.2, -0.15) is 10.2 Å². The van der Waals surface area contributed by atoms with E-state index in [4.69, 9.17) is 4.42 Å². The molecule has 4 heterocycles. The number of hydrogen-bond donors (Lipinski definition) is 1. The Morgan fingerprint density at radius 3 is 2.58 bits per heavy atom. The van der Waals surface area contributed by atoms with Gasteiger partial charge in [-0.25, -0.2) is 18.4 Å². The number of pyridine rings is 1. The van der Waals surface area contributed by atoms with Crippen molar-refractivity contribution in [2.45, 2.75) is 40.3 Å². The van der Waals surface area contributed by atoms with Crippen molar-refractivity contribution in [1.82, 2.24) is 24.5 Å². The summed E-state index contributed by atoms with van der Waals surface area (Å²) >= 11 is 0. The van der Waals surface area contributed by atoms with Gasteiger partial charge < -0.3 is 9.73 Å². The molecule has 0 spiro atoms. The van der Waals surface area contributed by atoms with Gasteiger partial charge in [-0.1, -0.05) is 12.1 Å². The fourth-order valence-corrected chi connectivity index (χ4v) is 4.31. The number of furan rings is 1. The highest BCUT2D eigenvalue weighted by Crippen LogP contribution is 2.33. The third-order valence-electron chi connectivity index (χ3n) is 5.86. The zero-order chi connectivity index (χ0) is 25.4. The monoisotopic (exact) mass is 490 g/mol. The van der Waals surface area contributed by atoms with E-state index in [9.17, 15) is 13.6 Å². The average Bonchev–Trinajstić information content (AvgIpc) is 3.54. The summed E-state index contributed by atoms with van der Waals surface area (Å²) in [5.74, 6) is -0.000422. The van der Waals surface area contributed by atoms with Gasteiger partial charge in [0.2, 0.25) is 5.91 Å². The summed E-state index contributed by atoms with van der Waals surface area (Å²) in [5.41, 5.74) is 4.21. The van der Waals surface area contributed by atoms with Crippen molar-refractivity contribution in [2.75, 3.05) is 5.32 Å². The van der Waals surface area contributed by atoms with Gasteiger partial charge in [0, 0.05) is 16.9 Å². The number of anilines is 1. The van der Waals surface area contributed by atoms with Crippen LogP contribution < -0.4 is 5.32 Å². The largest absolute Gasteiger partial charge is 0.463 e. The van der Waals surface area contributed by atoms with Gasteiger partial charge >= 0.3 is 0 Å². The summed E-state index contributed by atoms with van der Waals surface area (Å²) in [6.45, 7) is 5.94. The molecule has 8 nitrogen and oxygen atoms in total. The molecule has 0 atom stereocenters. The predicted molar refractivity (Wildman–Crippen MR) is 131 cm³/mol. The number of rotatable bonds is 7. The number of fused-ring (bicyclic) bond motifs is 1. The van der Waals surface area contributed by atoms with Crippen molar-refractivity contribution in [3.05, 3.63) is 83.0 Å². The molecular weight excluding hydrogens is 466 g/mol. The van der Waals surface area contributed by atoms with Gasteiger partial charge in [0.15, 0.2) is 11.4 Å². The van der Waals surface area contributed by atoms with Crippen LogP contribution in [0.25, 0.3) is 22.5 Å². The first kappa shape index (κ1) is 23.4. The molecule has 1 aromatic carbocycles. The second-order valence-electron chi connectivity index (χ2n) is 8.65. The number of aryl methyl sites for hydroxylation is 3. The molecule has 0 saturated heterocycles. The first-order valence-electron chi connectivity index (χ1n) is 11.4. The molecule has 36 heavy (non-hydrogen) atoms. The lowest BCUT2D eigenvalue weighted by Crippen LogP contribution is -2.20. The molecule has 1 N–H and O–H groups in total. The summed E-state index contributed by atoms with van der Waals surface area (Å²) in [4.78, 5) is 17.4. The van der Waals surface area contributed by atoms with Crippen molar-refractivity contribution >= 4 is 22.6 Å². The summed E-state index contributed by atoms with van der Waals surface area (Å²) in [6.07, 6.45) is -1.29. The topological polar surface area (TPSA) is 90.8 Å². The number of carbonyl (C=O) groups is 1. The normalized spacial score (nSPS) is 11.5. The van der Waals surface area contributed by atoms with Crippen LogP contribution in [0.3, 0.4) is 0 Å². The average molecular weight is 491 g/mol. The van der Waals surface area contributed by atoms with Gasteiger partial charge in [-0.05, 0) is 62.7 Å². The van der Waals surface area contributed by atoms with Crippen molar-refractivity contribution < 1.29 is 18.0 Å². The Morgan fingerprint density at radius 2 is 1.89 bits per heavy atom. The van der Waals surface area contributed by atoms with Gasteiger partial charge in [0.05, 0.1) is 29.6 Å². The highest BCUT2D eigenvalue weighted by molar-refractivity contribution is 5.92. The van der Waals surface area contributed by atoms with Crippen LogP contribution in [0.4, 0.5) is 14.5 Å². The minimum Gasteiger partial charge on any atom is -0.463 e. The zero-order valence-electron chi connectivity index (χ0n) is 20.0. The summed E-state index contributed by atoms with van der Waals surface area (Å²) in [6, 6.07) is 14.1. The summed E-state index contributed by atoms with van der Waals surface area (Å²) < 4.78 is 36.4. The maximum absolute atomic E-state index is 13.9. The molecule has 10 heteroatoms. The van der Waals surface area contributed by atoms with Crippen LogP contribution in [-0.4, -0.2) is 30.5 Å². The van der Waals surface area contributed by atoms with Crippen LogP contribution in [-0.2, 0) is 17.9 Å². The standard InChI is InChI=1S/C26H24F2N6O2/c1-15-10-16(2)33(31-15)13-18-6-4-7-19(11-18)29-23(35)14-34-26-24(17(3)32-34)20(25(27)28)12-21(30-26)22-8-5-9-36-22/h4-12,25H,13-14H2,1-3H3,(H,29,35). The van der Waals surface area contributed by atoms with Crippen LogP contribution in [0.2, 0.25) is 0 Å². The second kappa shape index (κ2) is 9.37. The molecule has 1 amide bonds. The molecular formula is C26H24F2N6O2. The van der Waals surface area contributed by atoms with E-state index in [1.807, 2.05) is 42.8 Å². The predicted octanol–water partition coefficient (Wildman–Crippen LogP) is 5.44. The Morgan fingerprint density at radius 1 is 1.06 bits per heavy atom. The number of hydrogen-bond acceptors (Lipinski definition) is 5. The van der Waals surface area contributed by atoms with Gasteiger partial charge in [-0.15, -0.1) is 0 Å². The first-order valence-corrected chi connectivity index (χ1v) is 11.4. The maximum atomic E-state index is 13.9. The van der Waals surface area contributed by atoms with Crippen molar-refractivity contribution in [3.8, 4) is 11.5 Å². The molecule has 0 unspecified atom stereocenters. The van der Waals surface area contributed by atoms with Gasteiger partial charge in [0.1, 0.15) is 12.2 Å². The maximum Gasteiger partial charge on any atom is 0.264 e. The molecule has 0 bridgehead atoms. The molecule has 5 aromatic rings. The van der Waals surface area contributed by atoms with Crippen LogP contribution in [0, 0.1) is 20.8 Å². The minimum atomic E-state index is -2.74. The number of nitrogens with zero attached hydrogens (tertiary/aromatic N) is 5. The van der Waals surface area contributed by atoms with Crippen molar-refractivity contribution in [3.63, 3.8) is 0 Å². The number of alkyl halides is 2. The lowest BCUT2D eigenvalue weighted by atomic mass is 10.1. The van der Waals surface area contributed by atoms with Crippen molar-refractivity contribution in [2.24, 2.45) is 0 Å². The number of halogens is 2. The molecule has 0 fully saturated rings. The lowest BCUT2D eigenvalue weighted by Gasteiger charge is -2.10. The molecule has 4 aromatic heterocycles. The summed E-state index contributed by atoms with van der Waals surface area (Å²) in [5, 5.41) is 11.9. The Bertz CT molecular complexity index is 1550. The van der Waals surface area contributed by atoms with E-state index in [1.54, 1.807) is 25.1 Å². The van der Waals surface area contributed by atoms with Crippen LogP contribution >= 0.6 is 0 Å². The van der Waals surface area contributed by atoms with Crippen LogP contribution in [0.5, 0.6) is 0 Å². The zero-order valence-corrected chi connectivity index (χ0v) is 20.0. The van der Waals surface area contributed by atoms with E-state index in [2.05, 4.69) is 20.5 Å². The van der Waals surface area contributed by atoms with E-state index >= 15 is 0 Å². The fourth-order valence-electron chi connectivity index (χ4n) is 4.31. The Labute approximate surface area is 205 Å². The van der Waals surface area contributed by atoms with Crippen molar-refractivity contribution in [1.29, 1.82) is 0 Å². The SMILES string of the molecule is Cc1cc(C)n(Cc2cccc(NC(=O)Cn3nc(C)c4c(C(F)F)cc(-c5ccco5)nc43)c2)n1. The Balaban J connectivity index is 1.40. The molecule has 5 rings (SSSR count). The van der Waals surface area contributed by atoms with Gasteiger partial charge in [0.25, 0.3) is 6.43 Å². The molecule has 0 radical (unpaired) electrons. The third kappa shape index (κ3) is 4.61. The van der Waals surface area contributed by atoms with E-state index in [1.165, 1.54) is 17.0 Å². The smallest absolute Gasteiger partial charge is 0.264 e. The molecule has 0 aliphatic heterocycles. The van der Waals surface area contributed by atoms with Crippen LogP contribution in [0.15, 0.2) is 59.2 Å². The molecule has 0 saturated carbocycles. The number of aromatic nitrogens is 5. The quantitative estimate of drug-likeness (QED) is 0.328. The molecule has 184 valence electrons. The highest BCUT2D eigenvalue weighted by Gasteiger charge is 2.22. The fraction of sp³-hybridized carbons (Fsp3) is 0.231. The summed E-state index contributed by atoms with van der Waals surface area (Å²) in [7, 11) is 0. The Kier molecular flexibility index (Phi) is 6.09.